The fourth-order valence-corrected chi connectivity index (χ4v) is 2.64. The molecule has 27 heavy (non-hydrogen) atoms. The predicted molar refractivity (Wildman–Crippen MR) is 105 cm³/mol. The van der Waals surface area contributed by atoms with Crippen LogP contribution in [0, 0.1) is 13.8 Å². The van der Waals surface area contributed by atoms with E-state index >= 15 is 0 Å². The van der Waals surface area contributed by atoms with Crippen LogP contribution in [0.5, 0.6) is 0 Å². The minimum Gasteiger partial charge on any atom is -0.348 e. The third-order valence-electron chi connectivity index (χ3n) is 4.01. The van der Waals surface area contributed by atoms with Crippen LogP contribution in [0.1, 0.15) is 46.6 Å². The van der Waals surface area contributed by atoms with Crippen LogP contribution in [0.3, 0.4) is 0 Å². The molecule has 0 aliphatic rings. The molecular weight excluding hydrogens is 344 g/mol. The first-order valence-electron chi connectivity index (χ1n) is 8.87. The van der Waals surface area contributed by atoms with Gasteiger partial charge in [0.15, 0.2) is 0 Å². The molecule has 0 spiro atoms. The van der Waals surface area contributed by atoms with E-state index in [1.165, 1.54) is 0 Å². The standard InChI is InChI=1S/C20H26N4O3/c1-12(2)23-20(27)22-10-15-5-7-16(8-6-15)18(25)21-11-17-13(3)9-14(4)24-19(17)26/h5-9,12H,10-11H2,1-4H3,(H,21,25)(H,24,26)(H2,22,23,27). The zero-order valence-electron chi connectivity index (χ0n) is 16.1. The molecule has 0 aliphatic heterocycles. The van der Waals surface area contributed by atoms with E-state index in [9.17, 15) is 14.4 Å². The molecule has 1 heterocycles. The Morgan fingerprint density at radius 3 is 2.30 bits per heavy atom. The molecule has 0 radical (unpaired) electrons. The first-order valence-corrected chi connectivity index (χ1v) is 8.87. The molecular formula is C20H26N4O3. The van der Waals surface area contributed by atoms with Crippen LogP contribution in [-0.2, 0) is 13.1 Å². The summed E-state index contributed by atoms with van der Waals surface area (Å²) in [6, 6.07) is 8.67. The van der Waals surface area contributed by atoms with Gasteiger partial charge in [-0.25, -0.2) is 4.79 Å². The van der Waals surface area contributed by atoms with Crippen molar-refractivity contribution in [2.24, 2.45) is 0 Å². The van der Waals surface area contributed by atoms with Gasteiger partial charge in [-0.05, 0) is 57.0 Å². The van der Waals surface area contributed by atoms with Crippen molar-refractivity contribution in [1.82, 2.24) is 20.9 Å². The molecule has 0 bridgehead atoms. The van der Waals surface area contributed by atoms with Crippen molar-refractivity contribution < 1.29 is 9.59 Å². The smallest absolute Gasteiger partial charge is 0.315 e. The van der Waals surface area contributed by atoms with E-state index in [1.807, 2.05) is 33.8 Å². The molecule has 0 unspecified atom stereocenters. The van der Waals surface area contributed by atoms with E-state index < -0.39 is 0 Å². The summed E-state index contributed by atoms with van der Waals surface area (Å²) in [5.41, 5.74) is 3.37. The van der Waals surface area contributed by atoms with Crippen molar-refractivity contribution in [3.05, 3.63) is 68.6 Å². The lowest BCUT2D eigenvalue weighted by molar-refractivity contribution is 0.0950. The number of benzene rings is 1. The quantitative estimate of drug-likeness (QED) is 0.626. The van der Waals surface area contributed by atoms with Crippen LogP contribution in [0.15, 0.2) is 35.1 Å². The highest BCUT2D eigenvalue weighted by Gasteiger charge is 2.10. The Kier molecular flexibility index (Phi) is 6.76. The molecule has 144 valence electrons. The summed E-state index contributed by atoms with van der Waals surface area (Å²) in [6.45, 7) is 7.98. The van der Waals surface area contributed by atoms with Crippen molar-refractivity contribution in [2.45, 2.75) is 46.8 Å². The lowest BCUT2D eigenvalue weighted by Crippen LogP contribution is -2.39. The Morgan fingerprint density at radius 2 is 1.70 bits per heavy atom. The van der Waals surface area contributed by atoms with Crippen molar-refractivity contribution in [2.75, 3.05) is 0 Å². The second kappa shape index (κ2) is 9.02. The highest BCUT2D eigenvalue weighted by molar-refractivity contribution is 5.94. The van der Waals surface area contributed by atoms with Crippen LogP contribution in [0.25, 0.3) is 0 Å². The third kappa shape index (κ3) is 5.99. The highest BCUT2D eigenvalue weighted by atomic mass is 16.2. The van der Waals surface area contributed by atoms with Gasteiger partial charge in [0.25, 0.3) is 11.5 Å². The van der Waals surface area contributed by atoms with Gasteiger partial charge in [0.05, 0.1) is 0 Å². The number of aryl methyl sites for hydroxylation is 2. The van der Waals surface area contributed by atoms with Crippen LogP contribution in [-0.4, -0.2) is 23.0 Å². The Hall–Kier alpha value is -3.09. The molecule has 7 nitrogen and oxygen atoms in total. The molecule has 2 aromatic rings. The molecule has 1 aromatic heterocycles. The van der Waals surface area contributed by atoms with Crippen molar-refractivity contribution >= 4 is 11.9 Å². The van der Waals surface area contributed by atoms with Crippen LogP contribution >= 0.6 is 0 Å². The molecule has 0 fully saturated rings. The number of carbonyl (C=O) groups is 2. The number of rotatable bonds is 6. The van der Waals surface area contributed by atoms with Gasteiger partial charge in [-0.2, -0.15) is 0 Å². The monoisotopic (exact) mass is 370 g/mol. The Bertz CT molecular complexity index is 870. The maximum absolute atomic E-state index is 12.3. The van der Waals surface area contributed by atoms with Gasteiger partial charge in [0.1, 0.15) is 0 Å². The highest BCUT2D eigenvalue weighted by Crippen LogP contribution is 2.06. The summed E-state index contributed by atoms with van der Waals surface area (Å²) in [7, 11) is 0. The topological polar surface area (TPSA) is 103 Å². The Balaban J connectivity index is 1.92. The normalized spacial score (nSPS) is 10.6. The maximum atomic E-state index is 12.3. The largest absolute Gasteiger partial charge is 0.348 e. The summed E-state index contributed by atoms with van der Waals surface area (Å²) in [4.78, 5) is 38.6. The van der Waals surface area contributed by atoms with Gasteiger partial charge in [-0.15, -0.1) is 0 Å². The minimum atomic E-state index is -0.258. The number of nitrogens with one attached hydrogen (secondary N) is 4. The molecule has 7 heteroatoms. The van der Waals surface area contributed by atoms with Gasteiger partial charge in [0, 0.05) is 36.0 Å². The third-order valence-corrected chi connectivity index (χ3v) is 4.01. The number of aromatic nitrogens is 1. The second-order valence-corrected chi connectivity index (χ2v) is 6.80. The van der Waals surface area contributed by atoms with Gasteiger partial charge >= 0.3 is 6.03 Å². The van der Waals surface area contributed by atoms with E-state index in [0.29, 0.717) is 17.7 Å². The van der Waals surface area contributed by atoms with E-state index in [4.69, 9.17) is 0 Å². The van der Waals surface area contributed by atoms with Gasteiger partial charge in [-0.1, -0.05) is 12.1 Å². The molecule has 2 rings (SSSR count). The van der Waals surface area contributed by atoms with Crippen LogP contribution in [0.2, 0.25) is 0 Å². The van der Waals surface area contributed by atoms with Crippen molar-refractivity contribution in [1.29, 1.82) is 0 Å². The number of carbonyl (C=O) groups excluding carboxylic acids is 2. The molecule has 4 N–H and O–H groups in total. The van der Waals surface area contributed by atoms with Gasteiger partial charge in [-0.3, -0.25) is 9.59 Å². The number of H-pyrrole nitrogens is 1. The summed E-state index contributed by atoms with van der Waals surface area (Å²) in [5.74, 6) is -0.258. The number of hydrogen-bond acceptors (Lipinski definition) is 3. The lowest BCUT2D eigenvalue weighted by Gasteiger charge is -2.11. The fraction of sp³-hybridized carbons (Fsp3) is 0.350. The maximum Gasteiger partial charge on any atom is 0.315 e. The molecule has 0 atom stereocenters. The van der Waals surface area contributed by atoms with E-state index in [0.717, 1.165) is 16.8 Å². The van der Waals surface area contributed by atoms with E-state index in [-0.39, 0.29) is 30.1 Å². The summed E-state index contributed by atoms with van der Waals surface area (Å²) < 4.78 is 0. The molecule has 1 aromatic carbocycles. The molecule has 0 aliphatic carbocycles. The molecule has 0 saturated carbocycles. The van der Waals surface area contributed by atoms with Gasteiger partial charge < -0.3 is 20.9 Å². The summed E-state index contributed by atoms with van der Waals surface area (Å²) >= 11 is 0. The number of aromatic amines is 1. The molecule has 3 amide bonds. The molecule has 0 saturated heterocycles. The zero-order valence-corrected chi connectivity index (χ0v) is 16.1. The first-order chi connectivity index (χ1) is 12.8. The van der Waals surface area contributed by atoms with E-state index in [2.05, 4.69) is 20.9 Å². The number of urea groups is 1. The number of pyridine rings is 1. The first kappa shape index (κ1) is 20.2. The minimum absolute atomic E-state index is 0.0699. The Labute approximate surface area is 158 Å². The predicted octanol–water partition coefficient (Wildman–Crippen LogP) is 2.13. The van der Waals surface area contributed by atoms with Gasteiger partial charge in [0.2, 0.25) is 0 Å². The average molecular weight is 370 g/mol. The fourth-order valence-electron chi connectivity index (χ4n) is 2.64. The zero-order chi connectivity index (χ0) is 20.0. The average Bonchev–Trinajstić information content (AvgIpc) is 2.58. The van der Waals surface area contributed by atoms with Crippen molar-refractivity contribution in [3.63, 3.8) is 0 Å². The van der Waals surface area contributed by atoms with Crippen molar-refractivity contribution in [3.8, 4) is 0 Å². The van der Waals surface area contributed by atoms with Crippen LogP contribution in [0.4, 0.5) is 4.79 Å². The van der Waals surface area contributed by atoms with E-state index in [1.54, 1.807) is 24.3 Å². The SMILES string of the molecule is Cc1cc(C)c(CNC(=O)c2ccc(CNC(=O)NC(C)C)cc2)c(=O)[nH]1. The summed E-state index contributed by atoms with van der Waals surface area (Å²) in [5, 5.41) is 8.27. The second-order valence-electron chi connectivity index (χ2n) is 6.80. The summed E-state index contributed by atoms with van der Waals surface area (Å²) in [6.07, 6.45) is 0. The van der Waals surface area contributed by atoms with Crippen LogP contribution < -0.4 is 21.5 Å². The lowest BCUT2D eigenvalue weighted by atomic mass is 10.1. The Morgan fingerprint density at radius 1 is 1.04 bits per heavy atom. The number of hydrogen-bond donors (Lipinski definition) is 4. The number of amides is 3.